The van der Waals surface area contributed by atoms with Crippen LogP contribution in [0.1, 0.15) is 24.2 Å². The zero-order chi connectivity index (χ0) is 15.2. The molecule has 0 spiro atoms. The molecule has 0 radical (unpaired) electrons. The molecule has 110 valence electrons. The Hall–Kier alpha value is -1.16. The smallest absolute Gasteiger partial charge is 0.170 e. The lowest BCUT2D eigenvalue weighted by molar-refractivity contribution is -0.130. The van der Waals surface area contributed by atoms with Crippen LogP contribution in [0.4, 0.5) is 0 Å². The van der Waals surface area contributed by atoms with Crippen molar-refractivity contribution in [2.75, 3.05) is 6.61 Å². The summed E-state index contributed by atoms with van der Waals surface area (Å²) in [5.41, 5.74) is 1.68. The molecule has 0 saturated heterocycles. The molecule has 0 saturated carbocycles. The number of hydrogen-bond acceptors (Lipinski definition) is 2. The zero-order valence-electron chi connectivity index (χ0n) is 11.7. The molecule has 0 amide bonds. The summed E-state index contributed by atoms with van der Waals surface area (Å²) in [5, 5.41) is 0.584. The summed E-state index contributed by atoms with van der Waals surface area (Å²) in [6.45, 7) is 2.37. The number of ketones is 1. The summed E-state index contributed by atoms with van der Waals surface area (Å²) in [6.07, 6.45) is -0.290. The molecule has 0 aliphatic rings. The van der Waals surface area contributed by atoms with Crippen LogP contribution in [-0.4, -0.2) is 12.4 Å². The predicted octanol–water partition coefficient (Wildman–Crippen LogP) is 4.99. The lowest BCUT2D eigenvalue weighted by Gasteiger charge is -2.16. The van der Waals surface area contributed by atoms with Gasteiger partial charge in [0.15, 0.2) is 5.78 Å². The molecule has 2 rings (SSSR count). The van der Waals surface area contributed by atoms with Gasteiger partial charge in [0.25, 0.3) is 0 Å². The summed E-state index contributed by atoms with van der Waals surface area (Å²) in [4.78, 5) is 12.5. The van der Waals surface area contributed by atoms with Gasteiger partial charge in [0.05, 0.1) is 0 Å². The van der Waals surface area contributed by atoms with E-state index in [4.69, 9.17) is 16.3 Å². The van der Waals surface area contributed by atoms with E-state index in [1.54, 1.807) is 6.07 Å². The molecule has 2 aromatic carbocycles. The van der Waals surface area contributed by atoms with Crippen LogP contribution in [0.15, 0.2) is 53.0 Å². The van der Waals surface area contributed by atoms with Gasteiger partial charge >= 0.3 is 0 Å². The molecule has 1 unspecified atom stereocenters. The number of carbonyl (C=O) groups is 1. The van der Waals surface area contributed by atoms with Crippen molar-refractivity contribution in [2.45, 2.75) is 19.4 Å². The number of Topliss-reactive ketones (excluding diaryl/α,β-unsaturated/α-hetero) is 1. The van der Waals surface area contributed by atoms with Gasteiger partial charge in [-0.15, -0.1) is 0 Å². The molecular formula is C17H16BrClO2. The maximum Gasteiger partial charge on any atom is 0.170 e. The van der Waals surface area contributed by atoms with E-state index in [1.165, 1.54) is 0 Å². The van der Waals surface area contributed by atoms with Crippen LogP contribution in [0, 0.1) is 0 Å². The molecular weight excluding hydrogens is 352 g/mol. The third-order valence-corrected chi connectivity index (χ3v) is 3.95. The fourth-order valence-electron chi connectivity index (χ4n) is 2.12. The number of benzene rings is 2. The second-order valence-electron chi connectivity index (χ2n) is 4.62. The highest BCUT2D eigenvalue weighted by atomic mass is 79.9. The third-order valence-electron chi connectivity index (χ3n) is 3.11. The van der Waals surface area contributed by atoms with E-state index in [-0.39, 0.29) is 12.2 Å². The van der Waals surface area contributed by atoms with E-state index in [2.05, 4.69) is 15.9 Å². The van der Waals surface area contributed by atoms with Crippen molar-refractivity contribution in [3.05, 3.63) is 69.2 Å². The van der Waals surface area contributed by atoms with E-state index in [0.29, 0.717) is 11.6 Å². The lowest BCUT2D eigenvalue weighted by atomic mass is 10.00. The van der Waals surface area contributed by atoms with Gasteiger partial charge in [0, 0.05) is 22.5 Å². The van der Waals surface area contributed by atoms with Crippen molar-refractivity contribution < 1.29 is 9.53 Å². The summed E-state index contributed by atoms with van der Waals surface area (Å²) in [6, 6.07) is 15.1. The maximum absolute atomic E-state index is 12.5. The number of hydrogen-bond donors (Lipinski definition) is 0. The van der Waals surface area contributed by atoms with Gasteiger partial charge in [0.2, 0.25) is 0 Å². The van der Waals surface area contributed by atoms with Gasteiger partial charge in [-0.2, -0.15) is 0 Å². The minimum absolute atomic E-state index is 0.00673. The highest BCUT2D eigenvalue weighted by molar-refractivity contribution is 9.10. The van der Waals surface area contributed by atoms with E-state index < -0.39 is 6.10 Å². The summed E-state index contributed by atoms with van der Waals surface area (Å²) < 4.78 is 6.52. The average Bonchev–Trinajstić information content (AvgIpc) is 2.48. The number of ether oxygens (including phenoxy) is 1. The van der Waals surface area contributed by atoms with Crippen LogP contribution in [0.3, 0.4) is 0 Å². The second kappa shape index (κ2) is 7.74. The molecule has 0 aromatic heterocycles. The van der Waals surface area contributed by atoms with Crippen LogP contribution >= 0.6 is 27.5 Å². The first-order valence-electron chi connectivity index (χ1n) is 6.75. The second-order valence-corrected chi connectivity index (χ2v) is 5.95. The summed E-state index contributed by atoms with van der Waals surface area (Å²) in [5.74, 6) is 0.00673. The van der Waals surface area contributed by atoms with Crippen LogP contribution in [-0.2, 0) is 16.0 Å². The standard InChI is InChI=1S/C17H16BrClO2/c1-2-21-17(12-6-4-3-5-7-12)16(20)10-13-8-9-14(18)11-15(13)19/h3-9,11,17H,2,10H2,1H3. The molecule has 2 nitrogen and oxygen atoms in total. The van der Waals surface area contributed by atoms with E-state index in [0.717, 1.165) is 15.6 Å². The molecule has 0 aliphatic heterocycles. The molecule has 2 aromatic rings. The first kappa shape index (κ1) is 16.2. The molecule has 0 aliphatic carbocycles. The Bertz CT molecular complexity index is 613. The average molecular weight is 368 g/mol. The maximum atomic E-state index is 12.5. The SMILES string of the molecule is CCOC(C(=O)Cc1ccc(Br)cc1Cl)c1ccccc1. The van der Waals surface area contributed by atoms with Crippen molar-refractivity contribution >= 4 is 33.3 Å². The minimum atomic E-state index is -0.545. The Morgan fingerprint density at radius 3 is 2.57 bits per heavy atom. The normalized spacial score (nSPS) is 12.1. The van der Waals surface area contributed by atoms with Gasteiger partial charge < -0.3 is 4.74 Å². The Balaban J connectivity index is 2.19. The largest absolute Gasteiger partial charge is 0.366 e. The van der Waals surface area contributed by atoms with E-state index in [1.807, 2.05) is 49.4 Å². The van der Waals surface area contributed by atoms with Crippen LogP contribution in [0.2, 0.25) is 5.02 Å². The van der Waals surface area contributed by atoms with Gasteiger partial charge in [-0.3, -0.25) is 4.79 Å². The zero-order valence-corrected chi connectivity index (χ0v) is 14.0. The van der Waals surface area contributed by atoms with Crippen molar-refractivity contribution in [2.24, 2.45) is 0 Å². The molecule has 21 heavy (non-hydrogen) atoms. The molecule has 0 N–H and O–H groups in total. The van der Waals surface area contributed by atoms with Crippen LogP contribution < -0.4 is 0 Å². The summed E-state index contributed by atoms with van der Waals surface area (Å²) in [7, 11) is 0. The monoisotopic (exact) mass is 366 g/mol. The van der Waals surface area contributed by atoms with Gasteiger partial charge in [-0.25, -0.2) is 0 Å². The first-order valence-corrected chi connectivity index (χ1v) is 7.92. The number of rotatable bonds is 6. The number of carbonyl (C=O) groups excluding carboxylic acids is 1. The predicted molar refractivity (Wildman–Crippen MR) is 88.7 cm³/mol. The van der Waals surface area contributed by atoms with E-state index in [9.17, 15) is 4.79 Å². The van der Waals surface area contributed by atoms with Gasteiger partial charge in [-0.05, 0) is 30.2 Å². The van der Waals surface area contributed by atoms with Gasteiger partial charge in [-0.1, -0.05) is 63.9 Å². The topological polar surface area (TPSA) is 26.3 Å². The van der Waals surface area contributed by atoms with Gasteiger partial charge in [0.1, 0.15) is 6.10 Å². The first-order chi connectivity index (χ1) is 10.1. The summed E-state index contributed by atoms with van der Waals surface area (Å²) >= 11 is 9.54. The molecule has 4 heteroatoms. The van der Waals surface area contributed by atoms with Crippen molar-refractivity contribution in [1.82, 2.24) is 0 Å². The van der Waals surface area contributed by atoms with Crippen molar-refractivity contribution in [3.8, 4) is 0 Å². The Morgan fingerprint density at radius 2 is 1.95 bits per heavy atom. The third kappa shape index (κ3) is 4.40. The van der Waals surface area contributed by atoms with Crippen LogP contribution in [0.5, 0.6) is 0 Å². The molecule has 0 heterocycles. The molecule has 0 bridgehead atoms. The quantitative estimate of drug-likeness (QED) is 0.719. The highest BCUT2D eigenvalue weighted by Crippen LogP contribution is 2.25. The number of halogens is 2. The fraction of sp³-hybridized carbons (Fsp3) is 0.235. The minimum Gasteiger partial charge on any atom is -0.366 e. The fourth-order valence-corrected chi connectivity index (χ4v) is 2.86. The van der Waals surface area contributed by atoms with Crippen molar-refractivity contribution in [3.63, 3.8) is 0 Å². The molecule has 1 atom stereocenters. The molecule has 0 fully saturated rings. The lowest BCUT2D eigenvalue weighted by Crippen LogP contribution is -2.18. The highest BCUT2D eigenvalue weighted by Gasteiger charge is 2.21. The Labute approximate surface area is 138 Å². The van der Waals surface area contributed by atoms with E-state index >= 15 is 0 Å². The Kier molecular flexibility index (Phi) is 5.97. The van der Waals surface area contributed by atoms with Crippen molar-refractivity contribution in [1.29, 1.82) is 0 Å². The van der Waals surface area contributed by atoms with Crippen LogP contribution in [0.25, 0.3) is 0 Å². The Morgan fingerprint density at radius 1 is 1.24 bits per heavy atom.